The molecule has 1 heterocycles. The zero-order valence-electron chi connectivity index (χ0n) is 18.2. The molecule has 0 radical (unpaired) electrons. The number of benzene rings is 4. The number of rotatable bonds is 3. The van der Waals surface area contributed by atoms with E-state index < -0.39 is 0 Å². The Morgan fingerprint density at radius 1 is 0.688 bits per heavy atom. The molecule has 154 valence electrons. The molecule has 1 heteroatoms. The number of nitrogens with one attached hydrogen (secondary N) is 1. The minimum absolute atomic E-state index is 0.500. The molecule has 0 bridgehead atoms. The van der Waals surface area contributed by atoms with Gasteiger partial charge in [0.05, 0.1) is 5.52 Å². The van der Waals surface area contributed by atoms with Crippen molar-refractivity contribution in [3.05, 3.63) is 115 Å². The Balaban J connectivity index is 1.63. The van der Waals surface area contributed by atoms with Crippen LogP contribution in [0.3, 0.4) is 0 Å². The summed E-state index contributed by atoms with van der Waals surface area (Å²) in [6.07, 6.45) is 7.84. The Kier molecular flexibility index (Phi) is 4.54. The lowest BCUT2D eigenvalue weighted by Gasteiger charge is -2.19. The average molecular weight is 412 g/mol. The third kappa shape index (κ3) is 3.18. The monoisotopic (exact) mass is 411 g/mol. The number of fused-ring (bicyclic) bond motifs is 3. The summed E-state index contributed by atoms with van der Waals surface area (Å²) in [6.45, 7) is 2.33. The molecule has 1 atom stereocenters. The summed E-state index contributed by atoms with van der Waals surface area (Å²) in [5, 5.41) is 2.57. The first-order valence-electron chi connectivity index (χ1n) is 11.4. The van der Waals surface area contributed by atoms with E-state index in [0.29, 0.717) is 5.92 Å². The standard InChI is InChI=1S/C31H25N/c1-21-10-8-9-15-26(21)28-18-25(23-13-6-3-7-14-23)19-29-27-17-16-24(20-30(27)32-31(28)29)22-11-4-2-5-12-22/h2-9,11-21,32H,10H2,1H3. The summed E-state index contributed by atoms with van der Waals surface area (Å²) >= 11 is 0. The topological polar surface area (TPSA) is 15.8 Å². The summed E-state index contributed by atoms with van der Waals surface area (Å²) in [5.74, 6) is 0.500. The second-order valence-electron chi connectivity index (χ2n) is 8.75. The van der Waals surface area contributed by atoms with Gasteiger partial charge < -0.3 is 4.98 Å². The van der Waals surface area contributed by atoms with Gasteiger partial charge in [0.25, 0.3) is 0 Å². The van der Waals surface area contributed by atoms with Gasteiger partial charge in [-0.3, -0.25) is 0 Å². The largest absolute Gasteiger partial charge is 0.354 e. The molecule has 0 aliphatic heterocycles. The van der Waals surface area contributed by atoms with Gasteiger partial charge in [-0.15, -0.1) is 0 Å². The summed E-state index contributed by atoms with van der Waals surface area (Å²) in [5.41, 5.74) is 10.1. The minimum Gasteiger partial charge on any atom is -0.354 e. The number of H-pyrrole nitrogens is 1. The molecule has 1 N–H and O–H groups in total. The Morgan fingerprint density at radius 3 is 2.12 bits per heavy atom. The van der Waals surface area contributed by atoms with Crippen LogP contribution in [0, 0.1) is 5.92 Å². The first-order valence-corrected chi connectivity index (χ1v) is 11.4. The highest BCUT2D eigenvalue weighted by Crippen LogP contribution is 2.40. The van der Waals surface area contributed by atoms with Gasteiger partial charge in [0.15, 0.2) is 0 Å². The van der Waals surface area contributed by atoms with Gasteiger partial charge >= 0.3 is 0 Å². The molecular formula is C31H25N. The first kappa shape index (κ1) is 18.9. The van der Waals surface area contributed by atoms with Crippen LogP contribution in [0.15, 0.2) is 109 Å². The van der Waals surface area contributed by atoms with Crippen molar-refractivity contribution in [2.75, 3.05) is 0 Å². The fraction of sp³-hybridized carbons (Fsp3) is 0.0968. The van der Waals surface area contributed by atoms with Crippen molar-refractivity contribution in [1.82, 2.24) is 4.98 Å². The molecule has 0 saturated carbocycles. The number of hydrogen-bond acceptors (Lipinski definition) is 0. The summed E-state index contributed by atoms with van der Waals surface area (Å²) in [6, 6.07) is 32.8. The van der Waals surface area contributed by atoms with Crippen LogP contribution in [0.25, 0.3) is 49.6 Å². The number of aromatic amines is 1. The van der Waals surface area contributed by atoms with Gasteiger partial charge in [-0.05, 0) is 58.4 Å². The van der Waals surface area contributed by atoms with Crippen molar-refractivity contribution < 1.29 is 0 Å². The molecule has 1 aliphatic rings. The molecule has 5 aromatic rings. The second kappa shape index (κ2) is 7.69. The predicted molar refractivity (Wildman–Crippen MR) is 138 cm³/mol. The summed E-state index contributed by atoms with van der Waals surface area (Å²) in [4.78, 5) is 3.79. The van der Waals surface area contributed by atoms with E-state index in [1.807, 2.05) is 0 Å². The van der Waals surface area contributed by atoms with Crippen molar-refractivity contribution in [3.8, 4) is 22.3 Å². The van der Waals surface area contributed by atoms with E-state index in [1.54, 1.807) is 0 Å². The maximum atomic E-state index is 3.79. The normalized spacial score (nSPS) is 15.9. The average Bonchev–Trinajstić information content (AvgIpc) is 3.23. The third-order valence-corrected chi connectivity index (χ3v) is 6.67. The third-order valence-electron chi connectivity index (χ3n) is 6.67. The maximum Gasteiger partial charge on any atom is 0.0541 e. The SMILES string of the molecule is CC1CC=CC=C1c1cc(-c2ccccc2)cc2c1[nH]c1cc(-c3ccccc3)ccc12. The van der Waals surface area contributed by atoms with E-state index in [9.17, 15) is 0 Å². The van der Waals surface area contributed by atoms with E-state index in [1.165, 1.54) is 55.2 Å². The lowest BCUT2D eigenvalue weighted by atomic mass is 9.85. The molecule has 32 heavy (non-hydrogen) atoms. The van der Waals surface area contributed by atoms with Crippen molar-refractivity contribution in [1.29, 1.82) is 0 Å². The molecule has 0 amide bonds. The van der Waals surface area contributed by atoms with Crippen molar-refractivity contribution >= 4 is 27.4 Å². The van der Waals surface area contributed by atoms with Crippen LogP contribution in [0.5, 0.6) is 0 Å². The zero-order chi connectivity index (χ0) is 21.5. The zero-order valence-corrected chi connectivity index (χ0v) is 18.2. The molecule has 1 aromatic heterocycles. The first-order chi connectivity index (χ1) is 15.8. The number of hydrogen-bond donors (Lipinski definition) is 1. The smallest absolute Gasteiger partial charge is 0.0541 e. The van der Waals surface area contributed by atoms with Crippen LogP contribution in [0.2, 0.25) is 0 Å². The maximum absolute atomic E-state index is 3.79. The van der Waals surface area contributed by atoms with Crippen LogP contribution in [-0.4, -0.2) is 4.98 Å². The lowest BCUT2D eigenvalue weighted by molar-refractivity contribution is 0.759. The van der Waals surface area contributed by atoms with Gasteiger partial charge in [-0.25, -0.2) is 0 Å². The van der Waals surface area contributed by atoms with E-state index in [4.69, 9.17) is 0 Å². The highest BCUT2D eigenvalue weighted by Gasteiger charge is 2.19. The van der Waals surface area contributed by atoms with Crippen LogP contribution >= 0.6 is 0 Å². The summed E-state index contributed by atoms with van der Waals surface area (Å²) in [7, 11) is 0. The highest BCUT2D eigenvalue weighted by molar-refractivity contribution is 6.12. The van der Waals surface area contributed by atoms with E-state index in [-0.39, 0.29) is 0 Å². The van der Waals surface area contributed by atoms with Crippen LogP contribution in [0.4, 0.5) is 0 Å². The van der Waals surface area contributed by atoms with Gasteiger partial charge in [-0.1, -0.05) is 97.9 Å². The fourth-order valence-corrected chi connectivity index (χ4v) is 4.94. The van der Waals surface area contributed by atoms with E-state index in [2.05, 4.69) is 121 Å². The van der Waals surface area contributed by atoms with Crippen molar-refractivity contribution in [3.63, 3.8) is 0 Å². The molecule has 0 spiro atoms. The van der Waals surface area contributed by atoms with Crippen LogP contribution in [0.1, 0.15) is 18.9 Å². The molecule has 1 aliphatic carbocycles. The molecule has 1 nitrogen and oxygen atoms in total. The van der Waals surface area contributed by atoms with Gasteiger partial charge in [0, 0.05) is 21.9 Å². The Labute approximate surface area is 188 Å². The molecule has 0 fully saturated rings. The molecule has 6 rings (SSSR count). The lowest BCUT2D eigenvalue weighted by Crippen LogP contribution is -2.01. The minimum atomic E-state index is 0.500. The van der Waals surface area contributed by atoms with Crippen LogP contribution < -0.4 is 0 Å². The van der Waals surface area contributed by atoms with Gasteiger partial charge in [0.1, 0.15) is 0 Å². The van der Waals surface area contributed by atoms with E-state index >= 15 is 0 Å². The number of aromatic nitrogens is 1. The van der Waals surface area contributed by atoms with Crippen molar-refractivity contribution in [2.45, 2.75) is 13.3 Å². The molecular weight excluding hydrogens is 386 g/mol. The highest BCUT2D eigenvalue weighted by atomic mass is 14.7. The fourth-order valence-electron chi connectivity index (χ4n) is 4.94. The van der Waals surface area contributed by atoms with Crippen molar-refractivity contribution in [2.24, 2.45) is 5.92 Å². The van der Waals surface area contributed by atoms with Crippen LogP contribution in [-0.2, 0) is 0 Å². The Morgan fingerprint density at radius 2 is 1.41 bits per heavy atom. The Bertz CT molecular complexity index is 1480. The van der Waals surface area contributed by atoms with E-state index in [0.717, 1.165) is 6.42 Å². The quantitative estimate of drug-likeness (QED) is 0.306. The van der Waals surface area contributed by atoms with Gasteiger partial charge in [-0.2, -0.15) is 0 Å². The predicted octanol–water partition coefficient (Wildman–Crippen LogP) is 8.63. The van der Waals surface area contributed by atoms with Gasteiger partial charge in [0.2, 0.25) is 0 Å². The number of allylic oxidation sites excluding steroid dienone is 4. The second-order valence-corrected chi connectivity index (χ2v) is 8.75. The Hall–Kier alpha value is -3.84. The molecule has 4 aromatic carbocycles. The molecule has 0 saturated heterocycles. The molecule has 1 unspecified atom stereocenters. The summed E-state index contributed by atoms with van der Waals surface area (Å²) < 4.78 is 0.